The highest BCUT2D eigenvalue weighted by Crippen LogP contribution is 2.47. The summed E-state index contributed by atoms with van der Waals surface area (Å²) >= 11 is 6.05. The molecule has 2 saturated heterocycles. The van der Waals surface area contributed by atoms with Crippen LogP contribution in [0.25, 0.3) is 0 Å². The zero-order valence-corrected chi connectivity index (χ0v) is 30.0. The molecule has 2 fully saturated rings. The Morgan fingerprint density at radius 1 is 1.13 bits per heavy atom. The largest absolute Gasteiger partial charge is 0.459 e. The smallest absolute Gasteiger partial charge is 0.311 e. The number of rotatable bonds is 12. The van der Waals surface area contributed by atoms with Crippen LogP contribution in [0.2, 0.25) is 5.02 Å². The molecule has 2 bridgehead atoms. The Labute approximate surface area is 280 Å². The molecule has 0 spiro atoms. The molecule has 0 aromatic heterocycles. The highest BCUT2D eigenvalue weighted by molar-refractivity contribution is 6.30. The quantitative estimate of drug-likeness (QED) is 0.143. The lowest BCUT2D eigenvalue weighted by Crippen LogP contribution is -2.57. The molecule has 0 radical (unpaired) electrons. The summed E-state index contributed by atoms with van der Waals surface area (Å²) in [6, 6.07) is 7.35. The fourth-order valence-electron chi connectivity index (χ4n) is 7.60. The molecule has 0 saturated carbocycles. The number of carbonyl (C=O) groups excluding carboxylic acids is 1. The van der Waals surface area contributed by atoms with Gasteiger partial charge in [-0.1, -0.05) is 51.4 Å². The lowest BCUT2D eigenvalue weighted by atomic mass is 9.76. The minimum absolute atomic E-state index is 0.0263. The maximum atomic E-state index is 13.4. The summed E-state index contributed by atoms with van der Waals surface area (Å²) in [5.74, 6) is -2.76. The number of cyclic esters (lactones) is 1. The summed E-state index contributed by atoms with van der Waals surface area (Å²) in [4.78, 5) is 27.7. The fraction of sp³-hybridized carbons (Fsp3) is 0.800. The third kappa shape index (κ3) is 8.81. The van der Waals surface area contributed by atoms with Crippen LogP contribution < -0.4 is 0 Å². The van der Waals surface area contributed by atoms with E-state index in [1.54, 1.807) is 27.7 Å². The summed E-state index contributed by atoms with van der Waals surface area (Å²) < 4.78 is 12.7. The predicted molar refractivity (Wildman–Crippen MR) is 176 cm³/mol. The van der Waals surface area contributed by atoms with Gasteiger partial charge in [0.1, 0.15) is 17.8 Å². The van der Waals surface area contributed by atoms with E-state index in [-0.39, 0.29) is 18.4 Å². The first kappa shape index (κ1) is 39.1. The molecule has 2 aliphatic heterocycles. The van der Waals surface area contributed by atoms with Crippen LogP contribution in [-0.2, 0) is 30.6 Å². The number of hydrogen-bond acceptors (Lipinski definition) is 10. The Bertz CT molecular complexity index is 1120. The lowest BCUT2D eigenvalue weighted by molar-refractivity contribution is -0.386. The van der Waals surface area contributed by atoms with Gasteiger partial charge < -0.3 is 29.9 Å². The second-order valence-corrected chi connectivity index (χ2v) is 15.0. The SMILES string of the molecule is CC[C@@H](O)[C@@](C)(O)[C@@H]1OC(=O)[C@H](C)[C@@H](O)[C@H](C)[C@H](OOC(C)CC(C(C)O)N(C)Cc2ccc(Cl)cc2)[C@@]2(C)CC(C)C(O2)[C@@H]1C. The van der Waals surface area contributed by atoms with Crippen molar-refractivity contribution >= 4 is 17.6 Å². The molecular formula is C35H58ClNO9. The van der Waals surface area contributed by atoms with Crippen LogP contribution in [0.3, 0.4) is 0 Å². The molecule has 0 aliphatic carbocycles. The van der Waals surface area contributed by atoms with Crippen LogP contribution in [0.5, 0.6) is 0 Å². The number of carbonyl (C=O) groups is 1. The number of aliphatic hydroxyl groups excluding tert-OH is 3. The average Bonchev–Trinajstić information content (AvgIpc) is 3.31. The van der Waals surface area contributed by atoms with Crippen molar-refractivity contribution in [3.8, 4) is 0 Å². The lowest BCUT2D eigenvalue weighted by Gasteiger charge is -2.42. The van der Waals surface area contributed by atoms with E-state index in [1.165, 1.54) is 6.92 Å². The van der Waals surface area contributed by atoms with Gasteiger partial charge in [0, 0.05) is 29.4 Å². The number of fused-ring (bicyclic) bond motifs is 2. The van der Waals surface area contributed by atoms with Crippen molar-refractivity contribution in [3.63, 3.8) is 0 Å². The van der Waals surface area contributed by atoms with Crippen LogP contribution in [0.1, 0.15) is 87.1 Å². The number of halogens is 1. The second-order valence-electron chi connectivity index (χ2n) is 14.6. The zero-order valence-electron chi connectivity index (χ0n) is 29.2. The highest BCUT2D eigenvalue weighted by atomic mass is 35.5. The second kappa shape index (κ2) is 15.9. The first-order chi connectivity index (χ1) is 21.3. The maximum absolute atomic E-state index is 13.4. The van der Waals surface area contributed by atoms with Gasteiger partial charge >= 0.3 is 5.97 Å². The molecule has 10 nitrogen and oxygen atoms in total. The minimum Gasteiger partial charge on any atom is -0.459 e. The summed E-state index contributed by atoms with van der Waals surface area (Å²) in [5, 5.41) is 45.0. The summed E-state index contributed by atoms with van der Waals surface area (Å²) in [6.07, 6.45) is -4.42. The van der Waals surface area contributed by atoms with Gasteiger partial charge in [-0.25, -0.2) is 9.78 Å². The molecular weight excluding hydrogens is 614 g/mol. The molecule has 2 aliphatic rings. The molecule has 1 aromatic carbocycles. The van der Waals surface area contributed by atoms with Gasteiger partial charge in [-0.05, 0) is 84.5 Å². The molecule has 4 N–H and O–H groups in total. The molecule has 2 heterocycles. The molecule has 11 heteroatoms. The average molecular weight is 672 g/mol. The molecule has 1 aromatic rings. The van der Waals surface area contributed by atoms with Crippen molar-refractivity contribution in [2.24, 2.45) is 23.7 Å². The Morgan fingerprint density at radius 3 is 2.30 bits per heavy atom. The monoisotopic (exact) mass is 671 g/mol. The van der Waals surface area contributed by atoms with Crippen molar-refractivity contribution in [1.82, 2.24) is 4.90 Å². The van der Waals surface area contributed by atoms with Gasteiger partial charge in [0.15, 0.2) is 0 Å². The van der Waals surface area contributed by atoms with Crippen molar-refractivity contribution in [2.45, 2.75) is 148 Å². The maximum Gasteiger partial charge on any atom is 0.311 e. The Balaban J connectivity index is 1.84. The van der Waals surface area contributed by atoms with E-state index in [9.17, 15) is 25.2 Å². The van der Waals surface area contributed by atoms with Gasteiger partial charge in [-0.15, -0.1) is 0 Å². The topological polar surface area (TPSA) is 138 Å². The van der Waals surface area contributed by atoms with E-state index >= 15 is 0 Å². The number of hydrogen-bond donors (Lipinski definition) is 4. The van der Waals surface area contributed by atoms with E-state index in [1.807, 2.05) is 59.0 Å². The van der Waals surface area contributed by atoms with Crippen molar-refractivity contribution in [1.29, 1.82) is 0 Å². The van der Waals surface area contributed by atoms with E-state index in [0.29, 0.717) is 24.4 Å². The van der Waals surface area contributed by atoms with Crippen molar-refractivity contribution in [2.75, 3.05) is 7.05 Å². The Kier molecular flexibility index (Phi) is 13.5. The number of nitrogens with zero attached hydrogens (tertiary/aromatic N) is 1. The number of benzene rings is 1. The predicted octanol–water partition coefficient (Wildman–Crippen LogP) is 4.52. The number of aliphatic hydroxyl groups is 4. The van der Waals surface area contributed by atoms with Gasteiger partial charge in [0.2, 0.25) is 0 Å². The fourth-order valence-corrected chi connectivity index (χ4v) is 7.73. The summed E-state index contributed by atoms with van der Waals surface area (Å²) in [7, 11) is 1.95. The van der Waals surface area contributed by atoms with Crippen LogP contribution in [0.4, 0.5) is 0 Å². The summed E-state index contributed by atoms with van der Waals surface area (Å²) in [6.45, 7) is 16.7. The van der Waals surface area contributed by atoms with Gasteiger partial charge in [-0.2, -0.15) is 0 Å². The van der Waals surface area contributed by atoms with Gasteiger partial charge in [0.05, 0.1) is 42.0 Å². The van der Waals surface area contributed by atoms with E-state index in [0.717, 1.165) is 5.56 Å². The van der Waals surface area contributed by atoms with Gasteiger partial charge in [0.25, 0.3) is 0 Å². The van der Waals surface area contributed by atoms with Crippen LogP contribution in [0, 0.1) is 23.7 Å². The van der Waals surface area contributed by atoms with Gasteiger partial charge in [-0.3, -0.25) is 9.69 Å². The molecule has 14 atom stereocenters. The summed E-state index contributed by atoms with van der Waals surface area (Å²) in [5.41, 5.74) is -1.60. The zero-order chi connectivity index (χ0) is 34.7. The third-order valence-corrected chi connectivity index (χ3v) is 10.7. The van der Waals surface area contributed by atoms with Crippen LogP contribution in [0.15, 0.2) is 24.3 Å². The standard InChI is InChI=1S/C35H58ClNO9/c1-11-28(39)35(9,42)32-23(6)30-19(2)17-34(8,44-30)31(21(4)29(40)22(5)33(41)43-32)46-45-20(3)16-27(24(7)38)37(10)18-25-12-14-26(36)15-13-25/h12-15,19-24,27-32,38-40,42H,11,16-18H2,1-10H3/t19?,20?,21-,22+,23-,24?,27?,28+,29-,30?,31-,32+,34+,35+/m0/s1. The molecule has 0 amide bonds. The number of esters is 1. The third-order valence-electron chi connectivity index (χ3n) is 10.4. The van der Waals surface area contributed by atoms with Crippen molar-refractivity contribution in [3.05, 3.63) is 34.9 Å². The molecule has 5 unspecified atom stereocenters. The van der Waals surface area contributed by atoms with E-state index in [4.69, 9.17) is 30.8 Å². The Morgan fingerprint density at radius 2 is 1.74 bits per heavy atom. The first-order valence-corrected chi connectivity index (χ1v) is 17.1. The number of ether oxygens (including phenoxy) is 2. The van der Waals surface area contributed by atoms with Crippen LogP contribution >= 0.6 is 11.6 Å². The normalized spacial score (nSPS) is 36.3. The highest BCUT2D eigenvalue weighted by Gasteiger charge is 2.57. The number of likely N-dealkylation sites (N-methyl/N-ethyl adjacent to an activating group) is 1. The molecule has 46 heavy (non-hydrogen) atoms. The molecule has 264 valence electrons. The first-order valence-electron chi connectivity index (χ1n) is 16.8. The minimum atomic E-state index is -1.74. The van der Waals surface area contributed by atoms with E-state index < -0.39 is 77.7 Å². The van der Waals surface area contributed by atoms with Crippen LogP contribution in [-0.4, -0.2) is 98.3 Å². The Hall–Kier alpha value is -1.34. The van der Waals surface area contributed by atoms with E-state index in [2.05, 4.69) is 4.90 Å². The molecule has 3 rings (SSSR count). The van der Waals surface area contributed by atoms with Crippen molar-refractivity contribution < 1.29 is 44.5 Å².